The topological polar surface area (TPSA) is 0 Å². The average Bonchev–Trinajstić information content (AvgIpc) is 3.47. The van der Waals surface area contributed by atoms with E-state index in [1.165, 1.54) is 22.3 Å². The molecule has 0 aromatic heterocycles. The summed E-state index contributed by atoms with van der Waals surface area (Å²) in [5.74, 6) is 0. The number of rotatable bonds is 2. The molecule has 0 atom stereocenters. The second-order valence-corrected chi connectivity index (χ2v) is 6.61. The molecule has 2 aliphatic rings. The van der Waals surface area contributed by atoms with Gasteiger partial charge in [-0.1, -0.05) is 49.2 Å². The third-order valence-electron chi connectivity index (χ3n) is 3.56. The largest absolute Gasteiger partial charge is 5.00 e. The number of hydrogen-bond donors (Lipinski definition) is 0. The van der Waals surface area contributed by atoms with Gasteiger partial charge in [0.2, 0.25) is 0 Å². The molecule has 0 fully saturated rings. The fourth-order valence-corrected chi connectivity index (χ4v) is 2.44. The maximum absolute atomic E-state index is 9.75. The Morgan fingerprint density at radius 2 is 0.684 bits per heavy atom. The fourth-order valence-electron chi connectivity index (χ4n) is 2.44. The Labute approximate surface area is 223 Å². The van der Waals surface area contributed by atoms with Crippen molar-refractivity contribution in [3.05, 3.63) is 108 Å². The minimum absolute atomic E-state index is 0. The molecule has 0 aliphatic heterocycles. The summed E-state index contributed by atoms with van der Waals surface area (Å²) in [7, 11) is -18.0. The van der Waals surface area contributed by atoms with Gasteiger partial charge in [0.1, 0.15) is 0 Å². The van der Waals surface area contributed by atoms with Crippen LogP contribution >= 0.6 is 0 Å². The molecule has 0 nitrogen and oxygen atoms in total. The summed E-state index contributed by atoms with van der Waals surface area (Å²) in [4.78, 5) is 0. The normalized spacial score (nSPS) is 13.5. The Bertz CT molecular complexity index is 902. The van der Waals surface area contributed by atoms with E-state index >= 15 is 0 Å². The summed E-state index contributed by atoms with van der Waals surface area (Å²) in [6.07, 6.45) is 17.0. The van der Waals surface area contributed by atoms with Gasteiger partial charge in [-0.25, -0.2) is 0 Å². The van der Waals surface area contributed by atoms with Gasteiger partial charge in [-0.3, -0.25) is 0 Å². The van der Waals surface area contributed by atoms with Crippen molar-refractivity contribution < 1.29 is 68.9 Å². The minimum atomic E-state index is -6.00. The quantitative estimate of drug-likeness (QED) is 0.184. The van der Waals surface area contributed by atoms with Crippen LogP contribution in [0.5, 0.6) is 0 Å². The molecule has 0 spiro atoms. The van der Waals surface area contributed by atoms with Gasteiger partial charge in [0.15, 0.2) is 0 Å². The van der Waals surface area contributed by atoms with Gasteiger partial charge in [-0.15, -0.1) is 47.5 Å². The van der Waals surface area contributed by atoms with Crippen LogP contribution in [0.3, 0.4) is 0 Å². The summed E-state index contributed by atoms with van der Waals surface area (Å²) < 4.78 is 117. The summed E-state index contributed by atoms with van der Waals surface area (Å²) in [5, 5.41) is 0. The van der Waals surface area contributed by atoms with Crippen molar-refractivity contribution >= 4 is 32.9 Å². The molecule has 1 radical (unpaired) electrons. The van der Waals surface area contributed by atoms with Crippen LogP contribution in [0.2, 0.25) is 0 Å². The van der Waals surface area contributed by atoms with E-state index in [-0.39, 0.29) is 17.1 Å². The average molecular weight is 599 g/mol. The molecule has 4 rings (SSSR count). The molecule has 2 aliphatic carbocycles. The predicted octanol–water partition coefficient (Wildman–Crippen LogP) is 9.56. The third-order valence-corrected chi connectivity index (χ3v) is 3.56. The molecule has 38 heavy (non-hydrogen) atoms. The predicted molar refractivity (Wildman–Crippen MR) is 124 cm³/mol. The number of halogens is 12. The molecule has 207 valence electrons. The van der Waals surface area contributed by atoms with Gasteiger partial charge >= 0.3 is 38.8 Å². The van der Waals surface area contributed by atoms with E-state index in [9.17, 15) is 51.8 Å². The molecule has 2 aromatic rings. The standard InChI is InChI=1S/2C11H9.3BF4.Fe/c2*1-2-6-10(7-3-1)11-8-4-5-9-11;3*2-1(3,4)5;/h2*1-4,6-8H,5H2;;;;/q5*-1;+5. The van der Waals surface area contributed by atoms with Gasteiger partial charge in [0.05, 0.1) is 0 Å². The zero-order valence-corrected chi connectivity index (χ0v) is 20.2. The van der Waals surface area contributed by atoms with Crippen LogP contribution in [0.4, 0.5) is 51.8 Å². The Kier molecular flexibility index (Phi) is 18.2. The van der Waals surface area contributed by atoms with Crippen molar-refractivity contribution in [2.45, 2.75) is 12.8 Å². The van der Waals surface area contributed by atoms with Gasteiger partial charge in [-0.2, -0.15) is 35.5 Å². The van der Waals surface area contributed by atoms with Crippen molar-refractivity contribution in [2.24, 2.45) is 0 Å². The van der Waals surface area contributed by atoms with E-state index in [1.807, 2.05) is 12.1 Å². The summed E-state index contributed by atoms with van der Waals surface area (Å²) in [6.45, 7) is 0. The molecule has 0 heterocycles. The first-order valence-electron chi connectivity index (χ1n) is 10.2. The first-order chi connectivity index (χ1) is 16.9. The molecular weight excluding hydrogens is 580 g/mol. The van der Waals surface area contributed by atoms with Crippen LogP contribution in [0.25, 0.3) is 11.1 Å². The first-order valence-corrected chi connectivity index (χ1v) is 10.2. The van der Waals surface area contributed by atoms with Crippen molar-refractivity contribution in [1.82, 2.24) is 0 Å². The van der Waals surface area contributed by atoms with E-state index < -0.39 is 21.8 Å². The Morgan fingerprint density at radius 1 is 0.447 bits per heavy atom. The van der Waals surface area contributed by atoms with Gasteiger partial charge in [0, 0.05) is 0 Å². The monoisotopic (exact) mass is 599 g/mol. The van der Waals surface area contributed by atoms with Crippen LogP contribution < -0.4 is 0 Å². The summed E-state index contributed by atoms with van der Waals surface area (Å²) in [6, 6.07) is 20.7. The fraction of sp³-hybridized carbons (Fsp3) is 0.0909. The SMILES string of the molecule is F[B-](F)(F)F.F[B-](F)(F)F.F[B-](F)(F)F.[C-]1=C(c2ccccc2)C=CC1.[C-]1=C(c2ccccc2)C=CC1.[Fe+5]. The van der Waals surface area contributed by atoms with Crippen molar-refractivity contribution in [2.75, 3.05) is 0 Å². The van der Waals surface area contributed by atoms with E-state index in [0.29, 0.717) is 0 Å². The first kappa shape index (κ1) is 37.4. The summed E-state index contributed by atoms with van der Waals surface area (Å²) in [5.41, 5.74) is 4.98. The molecule has 0 N–H and O–H groups in total. The molecule has 0 bridgehead atoms. The zero-order chi connectivity index (χ0) is 28.5. The molecule has 2 aromatic carbocycles. The van der Waals surface area contributed by atoms with E-state index in [0.717, 1.165) is 12.8 Å². The van der Waals surface area contributed by atoms with Crippen molar-refractivity contribution in [1.29, 1.82) is 0 Å². The van der Waals surface area contributed by atoms with Gasteiger partial charge < -0.3 is 51.8 Å². The second-order valence-electron chi connectivity index (χ2n) is 6.61. The molecule has 0 unspecified atom stereocenters. The molecule has 0 saturated carbocycles. The third kappa shape index (κ3) is 27.9. The van der Waals surface area contributed by atoms with Gasteiger partial charge in [-0.05, 0) is 0 Å². The number of allylic oxidation sites excluding steroid dienone is 8. The Balaban J connectivity index is 0. The molecule has 16 heteroatoms. The van der Waals surface area contributed by atoms with E-state index in [2.05, 4.69) is 85.0 Å². The maximum atomic E-state index is 9.75. The van der Waals surface area contributed by atoms with E-state index in [4.69, 9.17) is 0 Å². The van der Waals surface area contributed by atoms with Crippen LogP contribution in [0.15, 0.2) is 85.0 Å². The minimum Gasteiger partial charge on any atom is -0.418 e. The van der Waals surface area contributed by atoms with Crippen LogP contribution in [0, 0.1) is 12.2 Å². The van der Waals surface area contributed by atoms with Crippen LogP contribution in [-0.2, 0) is 17.1 Å². The van der Waals surface area contributed by atoms with Crippen molar-refractivity contribution in [3.8, 4) is 0 Å². The maximum Gasteiger partial charge on any atom is 5.00 e. The molecular formula is C22H18B3F12Fe. The van der Waals surface area contributed by atoms with Crippen LogP contribution in [-0.4, -0.2) is 21.8 Å². The molecule has 0 saturated heterocycles. The Morgan fingerprint density at radius 3 is 0.868 bits per heavy atom. The zero-order valence-electron chi connectivity index (χ0n) is 19.1. The van der Waals surface area contributed by atoms with E-state index in [1.54, 1.807) is 0 Å². The number of benzene rings is 2. The van der Waals surface area contributed by atoms with Gasteiger partial charge in [0.25, 0.3) is 0 Å². The summed E-state index contributed by atoms with van der Waals surface area (Å²) >= 11 is 0. The second kappa shape index (κ2) is 18.5. The molecule has 0 amide bonds. The number of hydrogen-bond acceptors (Lipinski definition) is 0. The smallest absolute Gasteiger partial charge is 0.418 e. The Hall–Kier alpha value is -2.73. The van der Waals surface area contributed by atoms with Crippen molar-refractivity contribution in [3.63, 3.8) is 0 Å². The van der Waals surface area contributed by atoms with Crippen LogP contribution in [0.1, 0.15) is 24.0 Å².